The minimum absolute atomic E-state index is 0.225. The second kappa shape index (κ2) is 10.5. The molecule has 34 heavy (non-hydrogen) atoms. The fraction of sp³-hybridized carbons (Fsp3) is 0.185. The summed E-state index contributed by atoms with van der Waals surface area (Å²) in [4.78, 5) is 14.8. The van der Waals surface area contributed by atoms with Crippen molar-refractivity contribution in [2.75, 3.05) is 36.8 Å². The van der Waals surface area contributed by atoms with Crippen LogP contribution in [0.5, 0.6) is 0 Å². The molecule has 0 bridgehead atoms. The van der Waals surface area contributed by atoms with E-state index in [-0.39, 0.29) is 6.04 Å². The monoisotopic (exact) mass is 487 g/mol. The number of nitrogen functional groups attached to an aromatic ring is 1. The van der Waals surface area contributed by atoms with Crippen molar-refractivity contribution >= 4 is 34.9 Å². The molecule has 7 heteroatoms. The van der Waals surface area contributed by atoms with Crippen LogP contribution >= 0.6 is 23.4 Å². The molecule has 1 aliphatic heterocycles. The Morgan fingerprint density at radius 2 is 1.35 bits per heavy atom. The Labute approximate surface area is 209 Å². The van der Waals surface area contributed by atoms with Crippen LogP contribution in [0.2, 0.25) is 5.02 Å². The third kappa shape index (κ3) is 5.04. The summed E-state index contributed by atoms with van der Waals surface area (Å²) in [5.41, 5.74) is 9.79. The number of benzene rings is 3. The molecule has 2 N–H and O–H groups in total. The summed E-state index contributed by atoms with van der Waals surface area (Å²) in [6.45, 7) is 3.53. The van der Waals surface area contributed by atoms with E-state index in [0.29, 0.717) is 10.7 Å². The Kier molecular flexibility index (Phi) is 7.00. The lowest BCUT2D eigenvalue weighted by Gasteiger charge is -2.40. The van der Waals surface area contributed by atoms with Gasteiger partial charge >= 0.3 is 0 Å². The van der Waals surface area contributed by atoms with Crippen LogP contribution in [-0.2, 0) is 0 Å². The molecule has 1 aliphatic rings. The lowest BCUT2D eigenvalue weighted by Crippen LogP contribution is -2.48. The molecule has 1 fully saturated rings. The summed E-state index contributed by atoms with van der Waals surface area (Å²) < 4.78 is 0. The average Bonchev–Trinajstić information content (AvgIpc) is 2.89. The van der Waals surface area contributed by atoms with Gasteiger partial charge in [0.25, 0.3) is 0 Å². The van der Waals surface area contributed by atoms with Gasteiger partial charge in [0, 0.05) is 36.1 Å². The van der Waals surface area contributed by atoms with Gasteiger partial charge in [0.15, 0.2) is 5.82 Å². The predicted octanol–water partition coefficient (Wildman–Crippen LogP) is 5.78. The van der Waals surface area contributed by atoms with Gasteiger partial charge in [0.1, 0.15) is 17.0 Å². The van der Waals surface area contributed by atoms with Crippen LogP contribution < -0.4 is 10.6 Å². The zero-order valence-corrected chi connectivity index (χ0v) is 20.3. The maximum Gasteiger partial charge on any atom is 0.156 e. The summed E-state index contributed by atoms with van der Waals surface area (Å²) in [6, 6.07) is 29.4. The molecule has 2 heterocycles. The summed E-state index contributed by atoms with van der Waals surface area (Å²) in [5, 5.41) is 1.48. The summed E-state index contributed by atoms with van der Waals surface area (Å²) in [5.74, 6) is 0.807. The van der Waals surface area contributed by atoms with E-state index >= 15 is 0 Å². The minimum Gasteiger partial charge on any atom is -0.394 e. The Bertz CT molecular complexity index is 1170. The zero-order valence-electron chi connectivity index (χ0n) is 18.7. The number of hydrogen-bond donors (Lipinski definition) is 1. The van der Waals surface area contributed by atoms with Gasteiger partial charge in [0.2, 0.25) is 0 Å². The Balaban J connectivity index is 1.33. The highest BCUT2D eigenvalue weighted by atomic mass is 35.5. The smallest absolute Gasteiger partial charge is 0.156 e. The van der Waals surface area contributed by atoms with Crippen molar-refractivity contribution < 1.29 is 0 Å². The number of nitrogens with two attached hydrogens (primary N) is 1. The molecule has 0 saturated carbocycles. The number of rotatable bonds is 6. The highest BCUT2D eigenvalue weighted by molar-refractivity contribution is 7.99. The van der Waals surface area contributed by atoms with E-state index in [4.69, 9.17) is 17.3 Å². The maximum atomic E-state index is 6.54. The predicted molar refractivity (Wildman–Crippen MR) is 141 cm³/mol. The number of piperazine rings is 1. The van der Waals surface area contributed by atoms with Gasteiger partial charge < -0.3 is 10.6 Å². The van der Waals surface area contributed by atoms with Crippen LogP contribution in [0.3, 0.4) is 0 Å². The van der Waals surface area contributed by atoms with Crippen molar-refractivity contribution in [3.63, 3.8) is 0 Å². The molecule has 0 unspecified atom stereocenters. The van der Waals surface area contributed by atoms with Gasteiger partial charge in [-0.3, -0.25) is 4.90 Å². The first-order chi connectivity index (χ1) is 16.7. The molecule has 172 valence electrons. The van der Waals surface area contributed by atoms with E-state index in [1.54, 1.807) is 6.33 Å². The van der Waals surface area contributed by atoms with Crippen LogP contribution in [0.1, 0.15) is 17.2 Å². The number of nitrogens with zero attached hydrogens (tertiary/aromatic N) is 4. The molecular formula is C27H26ClN5S. The molecule has 0 amide bonds. The molecule has 4 aromatic rings. The lowest BCUT2D eigenvalue weighted by molar-refractivity contribution is 0.212. The Hall–Kier alpha value is -3.06. The van der Waals surface area contributed by atoms with E-state index < -0.39 is 0 Å². The van der Waals surface area contributed by atoms with Crippen LogP contribution in [0.25, 0.3) is 0 Å². The largest absolute Gasteiger partial charge is 0.394 e. The topological polar surface area (TPSA) is 58.3 Å². The van der Waals surface area contributed by atoms with Crippen LogP contribution in [-0.4, -0.2) is 41.0 Å². The van der Waals surface area contributed by atoms with Crippen LogP contribution in [0, 0.1) is 0 Å². The summed E-state index contributed by atoms with van der Waals surface area (Å²) in [7, 11) is 0. The normalized spacial score (nSPS) is 14.5. The van der Waals surface area contributed by atoms with E-state index in [1.165, 1.54) is 22.9 Å². The number of hydrogen-bond acceptors (Lipinski definition) is 6. The fourth-order valence-electron chi connectivity index (χ4n) is 4.39. The van der Waals surface area contributed by atoms with Gasteiger partial charge in [-0.25, -0.2) is 9.97 Å². The van der Waals surface area contributed by atoms with E-state index in [0.717, 1.165) is 41.9 Å². The van der Waals surface area contributed by atoms with Gasteiger partial charge in [0.05, 0.1) is 6.04 Å². The van der Waals surface area contributed by atoms with Crippen LogP contribution in [0.15, 0.2) is 101 Å². The third-order valence-corrected chi connectivity index (χ3v) is 7.34. The lowest BCUT2D eigenvalue weighted by atomic mass is 9.96. The number of halogens is 1. The number of aromatic nitrogens is 2. The van der Waals surface area contributed by atoms with E-state index in [2.05, 4.69) is 80.4 Å². The average molecular weight is 488 g/mol. The molecule has 0 atom stereocenters. The first-order valence-electron chi connectivity index (χ1n) is 11.3. The first-order valence-corrected chi connectivity index (χ1v) is 12.5. The zero-order chi connectivity index (χ0) is 23.3. The van der Waals surface area contributed by atoms with Crippen molar-refractivity contribution in [1.29, 1.82) is 0 Å². The Morgan fingerprint density at radius 1 is 0.765 bits per heavy atom. The van der Waals surface area contributed by atoms with E-state index in [1.807, 2.05) is 24.3 Å². The van der Waals surface area contributed by atoms with Crippen molar-refractivity contribution in [3.05, 3.63) is 107 Å². The third-order valence-electron chi connectivity index (χ3n) is 6.06. The number of anilines is 2. The van der Waals surface area contributed by atoms with Gasteiger partial charge in [-0.1, -0.05) is 84.0 Å². The fourth-order valence-corrected chi connectivity index (χ4v) is 5.32. The van der Waals surface area contributed by atoms with Crippen molar-refractivity contribution in [3.8, 4) is 0 Å². The molecule has 0 spiro atoms. The quantitative estimate of drug-likeness (QED) is 0.348. The second-order valence-electron chi connectivity index (χ2n) is 8.22. The molecule has 0 aliphatic carbocycles. The van der Waals surface area contributed by atoms with Crippen molar-refractivity contribution in [2.45, 2.75) is 16.0 Å². The van der Waals surface area contributed by atoms with Gasteiger partial charge in [-0.2, -0.15) is 0 Å². The molecule has 0 radical (unpaired) electrons. The van der Waals surface area contributed by atoms with Crippen LogP contribution in [0.4, 0.5) is 11.5 Å². The molecule has 5 rings (SSSR count). The molecular weight excluding hydrogens is 462 g/mol. The standard InChI is InChI=1S/C27H26ClN5S/c28-22-11-13-23(14-12-22)34-27-24(29)26(30-19-31-27)33-17-15-32(16-18-33)25(20-7-3-1-4-8-20)21-9-5-2-6-10-21/h1-14,19,25H,15-18,29H2. The van der Waals surface area contributed by atoms with Crippen molar-refractivity contribution in [1.82, 2.24) is 14.9 Å². The highest BCUT2D eigenvalue weighted by Gasteiger charge is 2.28. The van der Waals surface area contributed by atoms with Gasteiger partial charge in [-0.05, 0) is 35.4 Å². The molecule has 5 nitrogen and oxygen atoms in total. The van der Waals surface area contributed by atoms with E-state index in [9.17, 15) is 0 Å². The highest BCUT2D eigenvalue weighted by Crippen LogP contribution is 2.36. The van der Waals surface area contributed by atoms with Gasteiger partial charge in [-0.15, -0.1) is 0 Å². The van der Waals surface area contributed by atoms with Crippen molar-refractivity contribution in [2.24, 2.45) is 0 Å². The molecule has 1 saturated heterocycles. The second-order valence-corrected chi connectivity index (χ2v) is 9.72. The Morgan fingerprint density at radius 3 is 1.94 bits per heavy atom. The molecule has 3 aromatic carbocycles. The maximum absolute atomic E-state index is 6.54. The summed E-state index contributed by atoms with van der Waals surface area (Å²) in [6.07, 6.45) is 1.60. The summed E-state index contributed by atoms with van der Waals surface area (Å²) >= 11 is 7.54. The molecule has 1 aromatic heterocycles. The first kappa shape index (κ1) is 22.7. The SMILES string of the molecule is Nc1c(Sc2ccc(Cl)cc2)ncnc1N1CCN(C(c2ccccc2)c2ccccc2)CC1. The minimum atomic E-state index is 0.225.